The highest BCUT2D eigenvalue weighted by atomic mass is 127. The van der Waals surface area contributed by atoms with Gasteiger partial charge in [-0.3, -0.25) is 0 Å². The van der Waals surface area contributed by atoms with Crippen LogP contribution in [0.4, 0.5) is 0 Å². The number of rotatable bonds is 2. The minimum Gasteiger partial charge on any atom is -0.493 e. The molecule has 4 heteroatoms. The third kappa shape index (κ3) is 2.49. The minimum atomic E-state index is -0.0909. The molecule has 0 N–H and O–H groups in total. The lowest BCUT2D eigenvalue weighted by Gasteiger charge is -2.27. The van der Waals surface area contributed by atoms with Crippen LogP contribution in [0.3, 0.4) is 0 Å². The van der Waals surface area contributed by atoms with Crippen LogP contribution in [-0.4, -0.2) is 19.3 Å². The molecule has 0 spiro atoms. The highest BCUT2D eigenvalue weighted by Gasteiger charge is 2.29. The largest absolute Gasteiger partial charge is 0.493 e. The maximum atomic E-state index is 6.63. The van der Waals surface area contributed by atoms with Gasteiger partial charge in [-0.1, -0.05) is 0 Å². The highest BCUT2D eigenvalue weighted by molar-refractivity contribution is 14.1. The van der Waals surface area contributed by atoms with Crippen LogP contribution in [0.15, 0.2) is 12.1 Å². The van der Waals surface area contributed by atoms with Crippen molar-refractivity contribution in [2.75, 3.05) is 13.2 Å². The first-order chi connectivity index (χ1) is 8.75. The van der Waals surface area contributed by atoms with Crippen molar-refractivity contribution >= 4 is 34.2 Å². The highest BCUT2D eigenvalue weighted by Crippen LogP contribution is 2.41. The quantitative estimate of drug-likeness (QED) is 0.570. The Kier molecular flexibility index (Phi) is 4.01. The number of halogens is 2. The monoisotopic (exact) mass is 378 g/mol. The van der Waals surface area contributed by atoms with E-state index in [1.807, 2.05) is 0 Å². The fourth-order valence-electron chi connectivity index (χ4n) is 2.70. The Hall–Kier alpha value is -0.000000000000000132. The van der Waals surface area contributed by atoms with Gasteiger partial charge in [0.15, 0.2) is 0 Å². The fraction of sp³-hybridized carbons (Fsp3) is 0.571. The van der Waals surface area contributed by atoms with Crippen molar-refractivity contribution in [3.63, 3.8) is 0 Å². The van der Waals surface area contributed by atoms with Gasteiger partial charge in [-0.05, 0) is 59.5 Å². The van der Waals surface area contributed by atoms with Gasteiger partial charge >= 0.3 is 0 Å². The first-order valence-electron chi connectivity index (χ1n) is 6.46. The molecule has 3 rings (SSSR count). The van der Waals surface area contributed by atoms with Crippen molar-refractivity contribution in [3.8, 4) is 5.75 Å². The van der Waals surface area contributed by atoms with Crippen molar-refractivity contribution in [1.29, 1.82) is 0 Å². The summed E-state index contributed by atoms with van der Waals surface area (Å²) in [6, 6.07) is 4.33. The smallest absolute Gasteiger partial charge is 0.127 e. The first-order valence-corrected chi connectivity index (χ1v) is 7.98. The van der Waals surface area contributed by atoms with E-state index in [2.05, 4.69) is 34.7 Å². The van der Waals surface area contributed by atoms with Crippen LogP contribution in [0.5, 0.6) is 5.75 Å². The van der Waals surface area contributed by atoms with Gasteiger partial charge in [0.05, 0.1) is 18.1 Å². The van der Waals surface area contributed by atoms with Gasteiger partial charge < -0.3 is 9.47 Å². The first kappa shape index (κ1) is 13.0. The Morgan fingerprint density at radius 3 is 2.94 bits per heavy atom. The van der Waals surface area contributed by atoms with Crippen LogP contribution in [0, 0.1) is 3.57 Å². The van der Waals surface area contributed by atoms with Crippen LogP contribution in [0.2, 0.25) is 0 Å². The molecule has 0 aromatic heterocycles. The summed E-state index contributed by atoms with van der Waals surface area (Å²) in [5.41, 5.74) is 2.40. The molecular formula is C14H16ClIO2. The van der Waals surface area contributed by atoms with E-state index in [0.717, 1.165) is 43.8 Å². The van der Waals surface area contributed by atoms with E-state index < -0.39 is 0 Å². The van der Waals surface area contributed by atoms with Gasteiger partial charge in [0.25, 0.3) is 0 Å². The summed E-state index contributed by atoms with van der Waals surface area (Å²) in [7, 11) is 0. The van der Waals surface area contributed by atoms with E-state index in [1.54, 1.807) is 0 Å². The summed E-state index contributed by atoms with van der Waals surface area (Å²) < 4.78 is 12.8. The van der Waals surface area contributed by atoms with E-state index >= 15 is 0 Å². The molecule has 2 nitrogen and oxygen atoms in total. The van der Waals surface area contributed by atoms with E-state index in [-0.39, 0.29) is 11.5 Å². The van der Waals surface area contributed by atoms with E-state index in [1.165, 1.54) is 15.6 Å². The summed E-state index contributed by atoms with van der Waals surface area (Å²) in [6.07, 6.45) is 4.54. The molecule has 2 heterocycles. The van der Waals surface area contributed by atoms with E-state index in [9.17, 15) is 0 Å². The third-order valence-electron chi connectivity index (χ3n) is 3.62. The standard InChI is InChI=1S/C14H16ClIO2/c15-13(12-3-1-2-5-17-12)11-8-10(16)7-9-4-6-18-14(9)11/h7-8,12-13H,1-6H2. The minimum absolute atomic E-state index is 0.0909. The Morgan fingerprint density at radius 2 is 2.17 bits per heavy atom. The fourth-order valence-corrected chi connectivity index (χ4v) is 3.77. The van der Waals surface area contributed by atoms with Crippen molar-refractivity contribution in [1.82, 2.24) is 0 Å². The molecule has 0 amide bonds. The average molecular weight is 379 g/mol. The predicted molar refractivity (Wildman–Crippen MR) is 80.5 cm³/mol. The number of alkyl halides is 1. The van der Waals surface area contributed by atoms with Crippen molar-refractivity contribution in [2.45, 2.75) is 37.2 Å². The Bertz CT molecular complexity index is 444. The van der Waals surface area contributed by atoms with Crippen LogP contribution in [-0.2, 0) is 11.2 Å². The summed E-state index contributed by atoms with van der Waals surface area (Å²) >= 11 is 8.98. The van der Waals surface area contributed by atoms with Crippen LogP contribution < -0.4 is 4.74 Å². The van der Waals surface area contributed by atoms with E-state index in [4.69, 9.17) is 21.1 Å². The number of hydrogen-bond acceptors (Lipinski definition) is 2. The number of ether oxygens (including phenoxy) is 2. The number of fused-ring (bicyclic) bond motifs is 1. The molecule has 2 aliphatic rings. The van der Waals surface area contributed by atoms with Crippen molar-refractivity contribution < 1.29 is 9.47 Å². The number of hydrogen-bond donors (Lipinski definition) is 0. The average Bonchev–Trinajstić information content (AvgIpc) is 2.86. The normalized spacial score (nSPS) is 24.4. The number of benzene rings is 1. The molecule has 1 aromatic rings. The second-order valence-corrected chi connectivity index (χ2v) is 6.60. The molecule has 0 saturated carbocycles. The molecular weight excluding hydrogens is 363 g/mol. The lowest BCUT2D eigenvalue weighted by molar-refractivity contribution is 0.0132. The van der Waals surface area contributed by atoms with Gasteiger partial charge in [0, 0.05) is 22.2 Å². The molecule has 1 saturated heterocycles. The van der Waals surface area contributed by atoms with Crippen molar-refractivity contribution in [3.05, 3.63) is 26.8 Å². The van der Waals surface area contributed by atoms with Gasteiger partial charge in [-0.25, -0.2) is 0 Å². The molecule has 2 unspecified atom stereocenters. The summed E-state index contributed by atoms with van der Waals surface area (Å²) in [5.74, 6) is 1.00. The van der Waals surface area contributed by atoms with Crippen molar-refractivity contribution in [2.24, 2.45) is 0 Å². The molecule has 0 radical (unpaired) electrons. The third-order valence-corrected chi connectivity index (χ3v) is 4.75. The SMILES string of the molecule is ClC(c1cc(I)cc2c1OCC2)C1CCCCO1. The maximum absolute atomic E-state index is 6.63. The molecule has 2 aliphatic heterocycles. The Morgan fingerprint density at radius 1 is 1.28 bits per heavy atom. The van der Waals surface area contributed by atoms with Gasteiger partial charge in [-0.15, -0.1) is 11.6 Å². The maximum Gasteiger partial charge on any atom is 0.127 e. The molecule has 0 aliphatic carbocycles. The predicted octanol–water partition coefficient (Wildman–Crippen LogP) is 4.08. The summed E-state index contributed by atoms with van der Waals surface area (Å²) in [6.45, 7) is 1.61. The molecule has 0 bridgehead atoms. The molecule has 1 fully saturated rings. The van der Waals surface area contributed by atoms with Gasteiger partial charge in [-0.2, -0.15) is 0 Å². The second kappa shape index (κ2) is 5.55. The zero-order chi connectivity index (χ0) is 12.5. The topological polar surface area (TPSA) is 18.5 Å². The molecule has 1 aromatic carbocycles. The molecule has 2 atom stereocenters. The van der Waals surface area contributed by atoms with Crippen LogP contribution in [0.25, 0.3) is 0 Å². The lowest BCUT2D eigenvalue weighted by Crippen LogP contribution is -2.24. The molecule has 18 heavy (non-hydrogen) atoms. The Balaban J connectivity index is 1.91. The second-order valence-electron chi connectivity index (χ2n) is 4.89. The molecule has 98 valence electrons. The zero-order valence-electron chi connectivity index (χ0n) is 10.1. The Labute approximate surface area is 126 Å². The zero-order valence-corrected chi connectivity index (χ0v) is 13.0. The lowest BCUT2D eigenvalue weighted by atomic mass is 9.98. The van der Waals surface area contributed by atoms with Crippen LogP contribution >= 0.6 is 34.2 Å². The van der Waals surface area contributed by atoms with E-state index in [0.29, 0.717) is 0 Å². The summed E-state index contributed by atoms with van der Waals surface area (Å²) in [4.78, 5) is 0. The van der Waals surface area contributed by atoms with Gasteiger partial charge in [0.2, 0.25) is 0 Å². The van der Waals surface area contributed by atoms with Crippen LogP contribution in [0.1, 0.15) is 35.8 Å². The van der Waals surface area contributed by atoms with Gasteiger partial charge in [0.1, 0.15) is 5.75 Å². The summed E-state index contributed by atoms with van der Waals surface area (Å²) in [5, 5.41) is -0.0909.